The first-order valence-electron chi connectivity index (χ1n) is 7.07. The molecule has 1 heterocycles. The van der Waals surface area contributed by atoms with Crippen molar-refractivity contribution in [2.75, 3.05) is 26.2 Å². The highest BCUT2D eigenvalue weighted by Gasteiger charge is 2.23. The highest BCUT2D eigenvalue weighted by molar-refractivity contribution is 9.10. The molecule has 1 aliphatic rings. The van der Waals surface area contributed by atoms with Gasteiger partial charge in [-0.2, -0.15) is 0 Å². The van der Waals surface area contributed by atoms with Crippen LogP contribution >= 0.6 is 15.9 Å². The number of hydrogen-bond acceptors (Lipinski definition) is 2. The first kappa shape index (κ1) is 15.4. The predicted molar refractivity (Wildman–Crippen MR) is 81.3 cm³/mol. The molecule has 0 aromatic heterocycles. The van der Waals surface area contributed by atoms with Gasteiger partial charge in [0.25, 0.3) is 5.91 Å². The van der Waals surface area contributed by atoms with Crippen LogP contribution in [0.4, 0.5) is 4.39 Å². The number of carbonyl (C=O) groups is 1. The summed E-state index contributed by atoms with van der Waals surface area (Å²) < 4.78 is 13.5. The summed E-state index contributed by atoms with van der Waals surface area (Å²) in [5, 5.41) is 3.36. The number of nitrogens with one attached hydrogen (secondary N) is 1. The fraction of sp³-hybridized carbons (Fsp3) is 0.533. The van der Waals surface area contributed by atoms with Crippen LogP contribution in [0.5, 0.6) is 0 Å². The average Bonchev–Trinajstić information content (AvgIpc) is 2.48. The fourth-order valence-corrected chi connectivity index (χ4v) is 2.88. The van der Waals surface area contributed by atoms with E-state index in [1.165, 1.54) is 6.07 Å². The molecule has 2 rings (SSSR count). The van der Waals surface area contributed by atoms with Crippen molar-refractivity contribution in [3.05, 3.63) is 34.1 Å². The molecule has 110 valence electrons. The quantitative estimate of drug-likeness (QED) is 0.911. The Balaban J connectivity index is 1.92. The zero-order valence-corrected chi connectivity index (χ0v) is 13.2. The van der Waals surface area contributed by atoms with Crippen LogP contribution < -0.4 is 5.32 Å². The van der Waals surface area contributed by atoms with Crippen LogP contribution in [0, 0.1) is 11.7 Å². The van der Waals surface area contributed by atoms with E-state index < -0.39 is 0 Å². The smallest absolute Gasteiger partial charge is 0.253 e. The minimum absolute atomic E-state index is 0.00685. The third-order valence-corrected chi connectivity index (χ3v) is 4.36. The molecule has 0 atom stereocenters. The molecule has 0 spiro atoms. The summed E-state index contributed by atoms with van der Waals surface area (Å²) in [6.07, 6.45) is 2.06. The van der Waals surface area contributed by atoms with E-state index in [9.17, 15) is 9.18 Å². The number of amides is 1. The largest absolute Gasteiger partial charge is 0.339 e. The zero-order valence-electron chi connectivity index (χ0n) is 11.7. The summed E-state index contributed by atoms with van der Waals surface area (Å²) >= 11 is 3.12. The molecule has 1 aromatic carbocycles. The van der Waals surface area contributed by atoms with E-state index in [4.69, 9.17) is 0 Å². The molecular formula is C15H20BrFN2O. The maximum atomic E-state index is 13.2. The van der Waals surface area contributed by atoms with Crippen LogP contribution in [-0.2, 0) is 0 Å². The van der Waals surface area contributed by atoms with Gasteiger partial charge in [-0.15, -0.1) is 0 Å². The summed E-state index contributed by atoms with van der Waals surface area (Å²) in [4.78, 5) is 14.2. The monoisotopic (exact) mass is 342 g/mol. The molecule has 20 heavy (non-hydrogen) atoms. The van der Waals surface area contributed by atoms with Gasteiger partial charge in [0.1, 0.15) is 5.82 Å². The number of halogens is 2. The average molecular weight is 343 g/mol. The Hall–Kier alpha value is -0.940. The Morgan fingerprint density at radius 3 is 2.75 bits per heavy atom. The lowest BCUT2D eigenvalue weighted by Crippen LogP contribution is -2.40. The molecule has 1 fully saturated rings. The third kappa shape index (κ3) is 3.79. The van der Waals surface area contributed by atoms with Crippen LogP contribution in [0.2, 0.25) is 0 Å². The lowest BCUT2D eigenvalue weighted by molar-refractivity contribution is 0.0690. The summed E-state index contributed by atoms with van der Waals surface area (Å²) in [6, 6.07) is 4.44. The summed E-state index contributed by atoms with van der Waals surface area (Å²) in [5.74, 6) is 0.303. The Bertz CT molecular complexity index is 473. The van der Waals surface area contributed by atoms with Gasteiger partial charge in [-0.3, -0.25) is 4.79 Å². The van der Waals surface area contributed by atoms with Crippen LogP contribution in [0.15, 0.2) is 22.7 Å². The van der Waals surface area contributed by atoms with Gasteiger partial charge in [0, 0.05) is 18.7 Å². The van der Waals surface area contributed by atoms with Crippen LogP contribution in [0.3, 0.4) is 0 Å². The van der Waals surface area contributed by atoms with Gasteiger partial charge in [-0.25, -0.2) is 4.39 Å². The molecule has 3 nitrogen and oxygen atoms in total. The second-order valence-corrected chi connectivity index (χ2v) is 6.03. The van der Waals surface area contributed by atoms with E-state index in [0.717, 1.165) is 39.0 Å². The van der Waals surface area contributed by atoms with Crippen LogP contribution in [0.25, 0.3) is 0 Å². The molecule has 1 N–H and O–H groups in total. The minimum atomic E-state index is -0.342. The van der Waals surface area contributed by atoms with Gasteiger partial charge in [-0.05, 0) is 66.0 Å². The molecule has 0 unspecified atom stereocenters. The summed E-state index contributed by atoms with van der Waals surface area (Å²) in [5.41, 5.74) is 0.545. The van der Waals surface area contributed by atoms with Crippen LogP contribution in [-0.4, -0.2) is 37.0 Å². The number of likely N-dealkylation sites (tertiary alicyclic amines) is 1. The van der Waals surface area contributed by atoms with Crippen molar-refractivity contribution < 1.29 is 9.18 Å². The van der Waals surface area contributed by atoms with Gasteiger partial charge in [0.05, 0.1) is 4.47 Å². The van der Waals surface area contributed by atoms with Crippen molar-refractivity contribution in [1.29, 1.82) is 0 Å². The maximum absolute atomic E-state index is 13.2. The molecule has 1 amide bonds. The van der Waals surface area contributed by atoms with E-state index in [1.54, 1.807) is 12.1 Å². The molecule has 0 radical (unpaired) electrons. The van der Waals surface area contributed by atoms with Crippen molar-refractivity contribution in [2.24, 2.45) is 5.92 Å². The number of rotatable bonds is 4. The highest BCUT2D eigenvalue weighted by Crippen LogP contribution is 2.21. The van der Waals surface area contributed by atoms with Crippen molar-refractivity contribution in [3.8, 4) is 0 Å². The Morgan fingerprint density at radius 2 is 2.15 bits per heavy atom. The SMILES string of the molecule is CCNCC1CCN(C(=O)c2ccc(F)c(Br)c2)CC1. The molecule has 5 heteroatoms. The van der Waals surface area contributed by atoms with Gasteiger partial charge < -0.3 is 10.2 Å². The summed E-state index contributed by atoms with van der Waals surface area (Å²) in [6.45, 7) is 5.68. The molecule has 0 bridgehead atoms. The van der Waals surface area contributed by atoms with E-state index >= 15 is 0 Å². The zero-order chi connectivity index (χ0) is 14.5. The normalized spacial score (nSPS) is 16.4. The second-order valence-electron chi connectivity index (χ2n) is 5.17. The lowest BCUT2D eigenvalue weighted by Gasteiger charge is -2.32. The second kappa shape index (κ2) is 7.18. The van der Waals surface area contributed by atoms with Gasteiger partial charge in [-0.1, -0.05) is 6.92 Å². The number of benzene rings is 1. The first-order chi connectivity index (χ1) is 9.61. The lowest BCUT2D eigenvalue weighted by atomic mass is 9.96. The van der Waals surface area contributed by atoms with E-state index in [2.05, 4.69) is 28.2 Å². The predicted octanol–water partition coefficient (Wildman–Crippen LogP) is 3.05. The van der Waals surface area contributed by atoms with Crippen LogP contribution in [0.1, 0.15) is 30.1 Å². The third-order valence-electron chi connectivity index (χ3n) is 3.75. The molecule has 1 saturated heterocycles. The number of piperidine rings is 1. The van der Waals surface area contributed by atoms with Crippen molar-refractivity contribution in [3.63, 3.8) is 0 Å². The topological polar surface area (TPSA) is 32.3 Å². The van der Waals surface area contributed by atoms with Crippen molar-refractivity contribution >= 4 is 21.8 Å². The van der Waals surface area contributed by atoms with Gasteiger partial charge in [0.15, 0.2) is 0 Å². The Morgan fingerprint density at radius 1 is 1.45 bits per heavy atom. The van der Waals surface area contributed by atoms with Gasteiger partial charge >= 0.3 is 0 Å². The van der Waals surface area contributed by atoms with Crippen molar-refractivity contribution in [1.82, 2.24) is 10.2 Å². The molecule has 1 aromatic rings. The van der Waals surface area contributed by atoms with E-state index in [1.807, 2.05) is 4.90 Å². The summed E-state index contributed by atoms with van der Waals surface area (Å²) in [7, 11) is 0. The van der Waals surface area contributed by atoms with Crippen molar-refractivity contribution in [2.45, 2.75) is 19.8 Å². The number of carbonyl (C=O) groups excluding carboxylic acids is 1. The molecule has 1 aliphatic heterocycles. The molecule has 0 aliphatic carbocycles. The van der Waals surface area contributed by atoms with E-state index in [-0.39, 0.29) is 11.7 Å². The number of hydrogen-bond donors (Lipinski definition) is 1. The number of nitrogens with zero attached hydrogens (tertiary/aromatic N) is 1. The Kier molecular flexibility index (Phi) is 5.54. The highest BCUT2D eigenvalue weighted by atomic mass is 79.9. The molecule has 0 saturated carbocycles. The van der Waals surface area contributed by atoms with E-state index in [0.29, 0.717) is 16.0 Å². The first-order valence-corrected chi connectivity index (χ1v) is 7.86. The fourth-order valence-electron chi connectivity index (χ4n) is 2.50. The van der Waals surface area contributed by atoms with Gasteiger partial charge in [0.2, 0.25) is 0 Å². The molecular weight excluding hydrogens is 323 g/mol. The standard InChI is InChI=1S/C15H20BrFN2O/c1-2-18-10-11-5-7-19(8-6-11)15(20)12-3-4-14(17)13(16)9-12/h3-4,9,11,18H,2,5-8,10H2,1H3. The minimum Gasteiger partial charge on any atom is -0.339 e. The Labute approximate surface area is 127 Å². The maximum Gasteiger partial charge on any atom is 0.253 e.